The van der Waals surface area contributed by atoms with E-state index in [4.69, 9.17) is 9.47 Å². The van der Waals surface area contributed by atoms with Crippen LogP contribution in [0.25, 0.3) is 0 Å². The molecule has 0 heterocycles. The minimum absolute atomic E-state index is 0.0661. The fourth-order valence-electron chi connectivity index (χ4n) is 4.09. The van der Waals surface area contributed by atoms with Gasteiger partial charge >= 0.3 is 0 Å². The van der Waals surface area contributed by atoms with Crippen molar-refractivity contribution in [1.29, 1.82) is 0 Å². The first-order chi connectivity index (χ1) is 16.1. The van der Waals surface area contributed by atoms with Gasteiger partial charge in [-0.3, -0.25) is 4.79 Å². The Hall–Kier alpha value is -2.65. The molecule has 0 bridgehead atoms. The molecule has 186 valence electrons. The number of benzene rings is 2. The Morgan fingerprint density at radius 3 is 2.24 bits per heavy atom. The SMILES string of the molecule is COc1cc(S(=O)(=O)NC2CCC(C(=O)NC(C)c3ccc(F)cc3)CC2)ccc1OC(C)C. The van der Waals surface area contributed by atoms with Gasteiger partial charge in [0.2, 0.25) is 15.9 Å². The Balaban J connectivity index is 1.55. The summed E-state index contributed by atoms with van der Waals surface area (Å²) in [7, 11) is -2.28. The van der Waals surface area contributed by atoms with Gasteiger partial charge in [0, 0.05) is 18.0 Å². The lowest BCUT2D eigenvalue weighted by molar-refractivity contribution is -0.126. The van der Waals surface area contributed by atoms with Crippen LogP contribution < -0.4 is 19.5 Å². The first-order valence-corrected chi connectivity index (χ1v) is 13.0. The van der Waals surface area contributed by atoms with Crippen LogP contribution in [0.4, 0.5) is 4.39 Å². The second-order valence-corrected chi connectivity index (χ2v) is 10.6. The van der Waals surface area contributed by atoms with Crippen molar-refractivity contribution in [3.05, 3.63) is 53.8 Å². The van der Waals surface area contributed by atoms with E-state index in [-0.39, 0.29) is 40.7 Å². The normalized spacial score (nSPS) is 19.5. The molecule has 2 aromatic carbocycles. The highest BCUT2D eigenvalue weighted by Gasteiger charge is 2.30. The van der Waals surface area contributed by atoms with Crippen LogP contribution in [0, 0.1) is 11.7 Å². The second kappa shape index (κ2) is 11.2. The molecular weight excluding hydrogens is 459 g/mol. The number of ether oxygens (including phenoxy) is 2. The molecule has 9 heteroatoms. The molecule has 1 fully saturated rings. The maximum absolute atomic E-state index is 13.1. The van der Waals surface area contributed by atoms with Gasteiger partial charge in [-0.05, 0) is 76.3 Å². The second-order valence-electron chi connectivity index (χ2n) is 8.93. The molecule has 34 heavy (non-hydrogen) atoms. The summed E-state index contributed by atoms with van der Waals surface area (Å²) in [4.78, 5) is 12.8. The number of carbonyl (C=O) groups is 1. The third kappa shape index (κ3) is 6.70. The minimum atomic E-state index is -3.75. The minimum Gasteiger partial charge on any atom is -0.493 e. The number of methoxy groups -OCH3 is 1. The summed E-state index contributed by atoms with van der Waals surface area (Å²) in [6.45, 7) is 5.62. The van der Waals surface area contributed by atoms with E-state index >= 15 is 0 Å². The third-order valence-electron chi connectivity index (χ3n) is 5.96. The first kappa shape index (κ1) is 26.0. The van der Waals surface area contributed by atoms with E-state index in [1.807, 2.05) is 20.8 Å². The predicted molar refractivity (Wildman–Crippen MR) is 128 cm³/mol. The van der Waals surface area contributed by atoms with Gasteiger partial charge in [0.25, 0.3) is 0 Å². The molecule has 2 aromatic rings. The highest BCUT2D eigenvalue weighted by atomic mass is 32.2. The molecular formula is C25H33FN2O5S. The van der Waals surface area contributed by atoms with Crippen molar-refractivity contribution in [2.45, 2.75) is 69.5 Å². The van der Waals surface area contributed by atoms with Gasteiger partial charge in [-0.15, -0.1) is 0 Å². The molecule has 1 atom stereocenters. The van der Waals surface area contributed by atoms with E-state index < -0.39 is 10.0 Å². The van der Waals surface area contributed by atoms with Crippen LogP contribution in [0.5, 0.6) is 11.5 Å². The van der Waals surface area contributed by atoms with Crippen LogP contribution >= 0.6 is 0 Å². The Kier molecular flexibility index (Phi) is 8.54. The summed E-state index contributed by atoms with van der Waals surface area (Å²) in [6, 6.07) is 10.1. The Bertz CT molecular complexity index is 1080. The monoisotopic (exact) mass is 492 g/mol. The maximum Gasteiger partial charge on any atom is 0.240 e. The van der Waals surface area contributed by atoms with Gasteiger partial charge in [-0.1, -0.05) is 12.1 Å². The van der Waals surface area contributed by atoms with Gasteiger partial charge in [0.1, 0.15) is 5.82 Å². The fraction of sp³-hybridized carbons (Fsp3) is 0.480. The Labute approximate surface area is 201 Å². The van der Waals surface area contributed by atoms with Gasteiger partial charge in [-0.2, -0.15) is 0 Å². The standard InChI is InChI=1S/C25H33FN2O5S/c1-16(2)33-23-14-13-22(15-24(23)32-4)34(30,31)28-21-11-7-19(8-12-21)25(29)27-17(3)18-5-9-20(26)10-6-18/h5-6,9-10,13-17,19,21,28H,7-8,11-12H2,1-4H3,(H,27,29). The van der Waals surface area contributed by atoms with Crippen LogP contribution in [0.3, 0.4) is 0 Å². The van der Waals surface area contributed by atoms with Crippen LogP contribution in [-0.4, -0.2) is 33.6 Å². The zero-order chi connectivity index (χ0) is 24.9. The molecule has 7 nitrogen and oxygen atoms in total. The van der Waals surface area contributed by atoms with Crippen molar-refractivity contribution in [2.24, 2.45) is 5.92 Å². The molecule has 0 spiro atoms. The van der Waals surface area contributed by atoms with Gasteiger partial charge in [0.05, 0.1) is 24.2 Å². The molecule has 0 aliphatic heterocycles. The van der Waals surface area contributed by atoms with Crippen molar-refractivity contribution in [3.8, 4) is 11.5 Å². The third-order valence-corrected chi connectivity index (χ3v) is 7.47. The highest BCUT2D eigenvalue weighted by molar-refractivity contribution is 7.89. The zero-order valence-corrected chi connectivity index (χ0v) is 20.8. The topological polar surface area (TPSA) is 93.7 Å². The van der Waals surface area contributed by atoms with E-state index in [1.165, 1.54) is 31.4 Å². The number of hydrogen-bond donors (Lipinski definition) is 2. The molecule has 1 aliphatic rings. The molecule has 0 aromatic heterocycles. The lowest BCUT2D eigenvalue weighted by Gasteiger charge is -2.29. The summed E-state index contributed by atoms with van der Waals surface area (Å²) in [6.07, 6.45) is 2.22. The van der Waals surface area contributed by atoms with Gasteiger partial charge in [-0.25, -0.2) is 17.5 Å². The Morgan fingerprint density at radius 2 is 1.65 bits per heavy atom. The van der Waals surface area contributed by atoms with Crippen LogP contribution in [0.1, 0.15) is 58.1 Å². The van der Waals surface area contributed by atoms with E-state index in [0.717, 1.165) is 5.56 Å². The molecule has 1 saturated carbocycles. The number of hydrogen-bond acceptors (Lipinski definition) is 5. The van der Waals surface area contributed by atoms with Gasteiger partial charge < -0.3 is 14.8 Å². The number of rotatable bonds is 9. The quantitative estimate of drug-likeness (QED) is 0.543. The zero-order valence-electron chi connectivity index (χ0n) is 20.0. The number of amides is 1. The maximum atomic E-state index is 13.1. The molecule has 1 amide bonds. The lowest BCUT2D eigenvalue weighted by atomic mass is 9.85. The number of nitrogens with one attached hydrogen (secondary N) is 2. The van der Waals surface area contributed by atoms with E-state index in [1.54, 1.807) is 18.2 Å². The van der Waals surface area contributed by atoms with Crippen molar-refractivity contribution >= 4 is 15.9 Å². The molecule has 1 aliphatic carbocycles. The van der Waals surface area contributed by atoms with Crippen molar-refractivity contribution in [2.75, 3.05) is 7.11 Å². The largest absolute Gasteiger partial charge is 0.493 e. The van der Waals surface area contributed by atoms with E-state index in [2.05, 4.69) is 10.0 Å². The first-order valence-electron chi connectivity index (χ1n) is 11.5. The summed E-state index contributed by atoms with van der Waals surface area (Å²) >= 11 is 0. The Morgan fingerprint density at radius 1 is 1.00 bits per heavy atom. The van der Waals surface area contributed by atoms with E-state index in [9.17, 15) is 17.6 Å². The number of halogens is 1. The van der Waals surface area contributed by atoms with Gasteiger partial charge in [0.15, 0.2) is 11.5 Å². The van der Waals surface area contributed by atoms with Crippen LogP contribution in [-0.2, 0) is 14.8 Å². The average Bonchev–Trinajstić information content (AvgIpc) is 2.79. The predicted octanol–water partition coefficient (Wildman–Crippen LogP) is 4.34. The molecule has 0 saturated heterocycles. The number of sulfonamides is 1. The van der Waals surface area contributed by atoms with Crippen LogP contribution in [0.2, 0.25) is 0 Å². The molecule has 3 rings (SSSR count). The summed E-state index contributed by atoms with van der Waals surface area (Å²) in [5.74, 6) is 0.270. The lowest BCUT2D eigenvalue weighted by Crippen LogP contribution is -2.41. The molecule has 1 unspecified atom stereocenters. The highest BCUT2D eigenvalue weighted by Crippen LogP contribution is 2.32. The summed E-state index contributed by atoms with van der Waals surface area (Å²) in [5, 5.41) is 2.98. The summed E-state index contributed by atoms with van der Waals surface area (Å²) in [5.41, 5.74) is 0.830. The molecule has 2 N–H and O–H groups in total. The fourth-order valence-corrected chi connectivity index (χ4v) is 5.41. The average molecular weight is 493 g/mol. The van der Waals surface area contributed by atoms with Crippen LogP contribution in [0.15, 0.2) is 47.4 Å². The number of carbonyl (C=O) groups excluding carboxylic acids is 1. The van der Waals surface area contributed by atoms with Crippen molar-refractivity contribution < 1.29 is 27.1 Å². The van der Waals surface area contributed by atoms with Crippen molar-refractivity contribution in [3.63, 3.8) is 0 Å². The van der Waals surface area contributed by atoms with Crippen molar-refractivity contribution in [1.82, 2.24) is 10.0 Å². The summed E-state index contributed by atoms with van der Waals surface area (Å²) < 4.78 is 52.7. The molecule has 0 radical (unpaired) electrons. The smallest absolute Gasteiger partial charge is 0.240 e. The van der Waals surface area contributed by atoms with E-state index in [0.29, 0.717) is 37.2 Å².